The standard InChI is InChI=1S/C18H22N2O3S/c1-12(14-7-4-5-8-16(14)23-3)19-18(22)11-15(20-13(2)21)17-9-6-10-24-17/h4-10,12,15H,11H2,1-3H3,(H,19,22)(H,20,21)/t12-,15-/m1/s1. The largest absolute Gasteiger partial charge is 0.496 e. The summed E-state index contributed by atoms with van der Waals surface area (Å²) in [4.78, 5) is 24.8. The van der Waals surface area contributed by atoms with Crippen LogP contribution in [0.2, 0.25) is 0 Å². The first-order chi connectivity index (χ1) is 11.5. The number of carbonyl (C=O) groups excluding carboxylic acids is 2. The maximum atomic E-state index is 12.4. The number of ether oxygens (including phenoxy) is 1. The molecule has 0 aliphatic carbocycles. The highest BCUT2D eigenvalue weighted by Crippen LogP contribution is 2.26. The van der Waals surface area contributed by atoms with Crippen molar-refractivity contribution in [1.82, 2.24) is 10.6 Å². The lowest BCUT2D eigenvalue weighted by atomic mass is 10.1. The van der Waals surface area contributed by atoms with Crippen molar-refractivity contribution in [2.24, 2.45) is 0 Å². The SMILES string of the molecule is COc1ccccc1[C@@H](C)NC(=O)C[C@@H](NC(C)=O)c1cccs1. The molecule has 6 heteroatoms. The molecular weight excluding hydrogens is 324 g/mol. The molecule has 24 heavy (non-hydrogen) atoms. The average Bonchev–Trinajstić information content (AvgIpc) is 3.08. The van der Waals surface area contributed by atoms with E-state index in [-0.39, 0.29) is 30.3 Å². The van der Waals surface area contributed by atoms with Gasteiger partial charge in [0, 0.05) is 17.4 Å². The van der Waals surface area contributed by atoms with Crippen molar-refractivity contribution in [3.05, 3.63) is 52.2 Å². The number of thiophene rings is 1. The molecule has 5 nitrogen and oxygen atoms in total. The maximum absolute atomic E-state index is 12.4. The summed E-state index contributed by atoms with van der Waals surface area (Å²) in [5.74, 6) is 0.460. The lowest BCUT2D eigenvalue weighted by molar-refractivity contribution is -0.123. The molecule has 2 amide bonds. The van der Waals surface area contributed by atoms with Crippen molar-refractivity contribution < 1.29 is 14.3 Å². The highest BCUT2D eigenvalue weighted by atomic mass is 32.1. The molecule has 2 rings (SSSR count). The minimum atomic E-state index is -0.313. The molecular formula is C18H22N2O3S. The minimum Gasteiger partial charge on any atom is -0.496 e. The number of nitrogens with one attached hydrogen (secondary N) is 2. The van der Waals surface area contributed by atoms with Gasteiger partial charge in [0.1, 0.15) is 5.75 Å². The van der Waals surface area contributed by atoms with Crippen molar-refractivity contribution in [1.29, 1.82) is 0 Å². The Hall–Kier alpha value is -2.34. The van der Waals surface area contributed by atoms with Crippen molar-refractivity contribution in [2.75, 3.05) is 7.11 Å². The van der Waals surface area contributed by atoms with E-state index >= 15 is 0 Å². The summed E-state index contributed by atoms with van der Waals surface area (Å²) in [5.41, 5.74) is 0.917. The second kappa shape index (κ2) is 8.49. The van der Waals surface area contributed by atoms with Gasteiger partial charge in [-0.2, -0.15) is 0 Å². The van der Waals surface area contributed by atoms with Crippen LogP contribution in [0.3, 0.4) is 0 Å². The van der Waals surface area contributed by atoms with Crippen molar-refractivity contribution in [3.63, 3.8) is 0 Å². The third kappa shape index (κ3) is 4.83. The zero-order valence-electron chi connectivity index (χ0n) is 14.0. The van der Waals surface area contributed by atoms with Crippen LogP contribution >= 0.6 is 11.3 Å². The topological polar surface area (TPSA) is 67.4 Å². The van der Waals surface area contributed by atoms with Crippen LogP contribution in [0.25, 0.3) is 0 Å². The summed E-state index contributed by atoms with van der Waals surface area (Å²) in [7, 11) is 1.61. The summed E-state index contributed by atoms with van der Waals surface area (Å²) in [6, 6.07) is 10.9. The van der Waals surface area contributed by atoms with E-state index in [1.807, 2.05) is 48.7 Å². The molecule has 1 aromatic carbocycles. The predicted molar refractivity (Wildman–Crippen MR) is 95.0 cm³/mol. The Morgan fingerprint density at radius 1 is 1.17 bits per heavy atom. The molecule has 0 spiro atoms. The lowest BCUT2D eigenvalue weighted by Gasteiger charge is -2.20. The molecule has 1 aromatic heterocycles. The molecule has 2 aromatic rings. The molecule has 0 aliphatic rings. The van der Waals surface area contributed by atoms with Crippen LogP contribution in [0.15, 0.2) is 41.8 Å². The van der Waals surface area contributed by atoms with Gasteiger partial charge in [0.25, 0.3) is 0 Å². The van der Waals surface area contributed by atoms with Crippen LogP contribution in [-0.2, 0) is 9.59 Å². The minimum absolute atomic E-state index is 0.124. The fourth-order valence-corrected chi connectivity index (χ4v) is 3.32. The van der Waals surface area contributed by atoms with Crippen LogP contribution in [0.1, 0.15) is 42.8 Å². The molecule has 0 saturated heterocycles. The zero-order chi connectivity index (χ0) is 17.5. The molecule has 128 valence electrons. The fraction of sp³-hybridized carbons (Fsp3) is 0.333. The zero-order valence-corrected chi connectivity index (χ0v) is 14.9. The van der Waals surface area contributed by atoms with Crippen molar-refractivity contribution in [2.45, 2.75) is 32.4 Å². The van der Waals surface area contributed by atoms with E-state index in [1.54, 1.807) is 7.11 Å². The summed E-state index contributed by atoms with van der Waals surface area (Å²) in [6.45, 7) is 3.37. The van der Waals surface area contributed by atoms with Gasteiger partial charge in [0.2, 0.25) is 11.8 Å². The van der Waals surface area contributed by atoms with Gasteiger partial charge in [0.15, 0.2) is 0 Å². The van der Waals surface area contributed by atoms with Gasteiger partial charge < -0.3 is 15.4 Å². The quantitative estimate of drug-likeness (QED) is 0.809. The van der Waals surface area contributed by atoms with E-state index in [9.17, 15) is 9.59 Å². The number of hydrogen-bond donors (Lipinski definition) is 2. The van der Waals surface area contributed by atoms with E-state index in [2.05, 4.69) is 10.6 Å². The summed E-state index contributed by atoms with van der Waals surface area (Å²) in [6.07, 6.45) is 0.194. The first kappa shape index (κ1) is 18.0. The van der Waals surface area contributed by atoms with E-state index < -0.39 is 0 Å². The van der Waals surface area contributed by atoms with Gasteiger partial charge in [0.05, 0.1) is 25.6 Å². The Morgan fingerprint density at radius 3 is 2.54 bits per heavy atom. The van der Waals surface area contributed by atoms with Gasteiger partial charge in [-0.05, 0) is 24.4 Å². The van der Waals surface area contributed by atoms with Gasteiger partial charge in [-0.15, -0.1) is 11.3 Å². The first-order valence-electron chi connectivity index (χ1n) is 7.74. The van der Waals surface area contributed by atoms with E-state index in [4.69, 9.17) is 4.74 Å². The smallest absolute Gasteiger partial charge is 0.222 e. The Bertz CT molecular complexity index is 685. The maximum Gasteiger partial charge on any atom is 0.222 e. The van der Waals surface area contributed by atoms with Crippen LogP contribution in [0.4, 0.5) is 0 Å². The van der Waals surface area contributed by atoms with Crippen LogP contribution in [0, 0.1) is 0 Å². The number of para-hydroxylation sites is 1. The molecule has 2 N–H and O–H groups in total. The van der Waals surface area contributed by atoms with Gasteiger partial charge in [-0.25, -0.2) is 0 Å². The van der Waals surface area contributed by atoms with E-state index in [0.29, 0.717) is 0 Å². The molecule has 0 bridgehead atoms. The lowest BCUT2D eigenvalue weighted by Crippen LogP contribution is -2.33. The number of methoxy groups -OCH3 is 1. The number of hydrogen-bond acceptors (Lipinski definition) is 4. The number of benzene rings is 1. The number of amides is 2. The van der Waals surface area contributed by atoms with Crippen LogP contribution in [-0.4, -0.2) is 18.9 Å². The normalized spacial score (nSPS) is 13.0. The Kier molecular flexibility index (Phi) is 6.37. The van der Waals surface area contributed by atoms with Crippen molar-refractivity contribution in [3.8, 4) is 5.75 Å². The second-order valence-electron chi connectivity index (χ2n) is 5.50. The molecule has 0 saturated carbocycles. The predicted octanol–water partition coefficient (Wildman–Crippen LogP) is 3.20. The molecule has 0 unspecified atom stereocenters. The number of carbonyl (C=O) groups is 2. The summed E-state index contributed by atoms with van der Waals surface area (Å²) >= 11 is 1.52. The van der Waals surface area contributed by atoms with Crippen molar-refractivity contribution >= 4 is 23.2 Å². The molecule has 2 atom stereocenters. The molecule has 0 radical (unpaired) electrons. The average molecular weight is 346 g/mol. The van der Waals surface area contributed by atoms with Gasteiger partial charge in [-0.3, -0.25) is 9.59 Å². The Balaban J connectivity index is 2.03. The van der Waals surface area contributed by atoms with Crippen LogP contribution < -0.4 is 15.4 Å². The molecule has 0 fully saturated rings. The fourth-order valence-electron chi connectivity index (χ4n) is 2.55. The van der Waals surface area contributed by atoms with E-state index in [0.717, 1.165) is 16.2 Å². The van der Waals surface area contributed by atoms with Gasteiger partial charge in [-0.1, -0.05) is 24.3 Å². The Morgan fingerprint density at radius 2 is 1.92 bits per heavy atom. The summed E-state index contributed by atoms with van der Waals surface area (Å²) in [5, 5.41) is 7.74. The van der Waals surface area contributed by atoms with Gasteiger partial charge >= 0.3 is 0 Å². The first-order valence-corrected chi connectivity index (χ1v) is 8.62. The highest BCUT2D eigenvalue weighted by Gasteiger charge is 2.20. The Labute approximate surface area is 146 Å². The summed E-state index contributed by atoms with van der Waals surface area (Å²) < 4.78 is 5.33. The number of rotatable bonds is 7. The van der Waals surface area contributed by atoms with E-state index in [1.165, 1.54) is 18.3 Å². The third-order valence-corrected chi connectivity index (χ3v) is 4.62. The van der Waals surface area contributed by atoms with Crippen LogP contribution in [0.5, 0.6) is 5.75 Å². The third-order valence-electron chi connectivity index (χ3n) is 3.64. The highest BCUT2D eigenvalue weighted by molar-refractivity contribution is 7.10. The monoisotopic (exact) mass is 346 g/mol. The second-order valence-corrected chi connectivity index (χ2v) is 6.48. The molecule has 1 heterocycles. The molecule has 0 aliphatic heterocycles.